The zero-order valence-electron chi connectivity index (χ0n) is 13.2. The molecule has 0 amide bonds. The fourth-order valence-electron chi connectivity index (χ4n) is 2.44. The van der Waals surface area contributed by atoms with Crippen molar-refractivity contribution in [2.24, 2.45) is 0 Å². The largest absolute Gasteiger partial charge is 0.365 e. The Morgan fingerprint density at radius 1 is 1.26 bits per heavy atom. The second-order valence-electron chi connectivity index (χ2n) is 6.10. The van der Waals surface area contributed by atoms with Crippen LogP contribution >= 0.6 is 0 Å². The molecule has 0 radical (unpaired) electrons. The van der Waals surface area contributed by atoms with Gasteiger partial charge in [-0.3, -0.25) is 4.98 Å². The van der Waals surface area contributed by atoms with Crippen LogP contribution in [0.4, 0.5) is 17.5 Å². The number of hydrogen-bond acceptors (Lipinski definition) is 6. The molecule has 4 rings (SSSR count). The van der Waals surface area contributed by atoms with E-state index in [0.29, 0.717) is 12.0 Å². The molecule has 0 saturated heterocycles. The molecule has 0 aromatic carbocycles. The lowest BCUT2D eigenvalue weighted by Crippen LogP contribution is -2.08. The van der Waals surface area contributed by atoms with Gasteiger partial charge < -0.3 is 15.2 Å². The average Bonchev–Trinajstić information content (AvgIpc) is 3.24. The molecule has 0 spiro atoms. The van der Waals surface area contributed by atoms with Gasteiger partial charge >= 0.3 is 0 Å². The summed E-state index contributed by atoms with van der Waals surface area (Å²) in [6, 6.07) is 4.61. The quantitative estimate of drug-likeness (QED) is 0.753. The van der Waals surface area contributed by atoms with Crippen LogP contribution in [0.5, 0.6) is 0 Å². The third-order valence-corrected chi connectivity index (χ3v) is 3.81. The second kappa shape index (κ2) is 5.49. The first-order chi connectivity index (χ1) is 11.2. The molecule has 0 atom stereocenters. The Hall–Kier alpha value is -2.70. The maximum absolute atomic E-state index is 4.65. The van der Waals surface area contributed by atoms with Gasteiger partial charge in [0.15, 0.2) is 17.0 Å². The fraction of sp³-hybridized carbons (Fsp3) is 0.375. The highest BCUT2D eigenvalue weighted by atomic mass is 15.2. The predicted octanol–water partition coefficient (Wildman–Crippen LogP) is 3.12. The molecule has 1 aliphatic carbocycles. The van der Waals surface area contributed by atoms with E-state index in [0.717, 1.165) is 22.7 Å². The number of nitrogens with zero attached hydrogens (tertiary/aromatic N) is 5. The van der Waals surface area contributed by atoms with E-state index in [9.17, 15) is 0 Å². The van der Waals surface area contributed by atoms with Gasteiger partial charge in [-0.1, -0.05) is 0 Å². The van der Waals surface area contributed by atoms with Gasteiger partial charge in [-0.25, -0.2) is 4.98 Å². The van der Waals surface area contributed by atoms with Crippen molar-refractivity contribution in [3.63, 3.8) is 0 Å². The first-order valence-electron chi connectivity index (χ1n) is 7.89. The minimum absolute atomic E-state index is 0.287. The number of hydrogen-bond donors (Lipinski definition) is 2. The van der Waals surface area contributed by atoms with Gasteiger partial charge in [0.1, 0.15) is 0 Å². The summed E-state index contributed by atoms with van der Waals surface area (Å²) >= 11 is 0. The molecule has 3 heterocycles. The lowest BCUT2D eigenvalue weighted by atomic mass is 10.4. The predicted molar refractivity (Wildman–Crippen MR) is 89.9 cm³/mol. The van der Waals surface area contributed by atoms with Gasteiger partial charge in [0.2, 0.25) is 5.95 Å². The van der Waals surface area contributed by atoms with Crippen molar-refractivity contribution in [2.75, 3.05) is 10.6 Å². The maximum Gasteiger partial charge on any atom is 0.231 e. The maximum atomic E-state index is 4.65. The van der Waals surface area contributed by atoms with E-state index in [1.807, 2.05) is 18.5 Å². The van der Waals surface area contributed by atoms with Crippen LogP contribution in [-0.2, 0) is 0 Å². The minimum atomic E-state index is 0.287. The standard InChI is InChI=1S/C16H19N7/c1-10(2)23-9-18-13-14(19-11-5-6-11)21-16(22-15(13)23)20-12-4-3-7-17-8-12/h3-4,7-11H,5-6H2,1-2H3,(H2,19,20,21,22). The van der Waals surface area contributed by atoms with Gasteiger partial charge in [-0.2, -0.15) is 9.97 Å². The third-order valence-electron chi connectivity index (χ3n) is 3.81. The summed E-state index contributed by atoms with van der Waals surface area (Å²) in [6.45, 7) is 4.23. The zero-order valence-corrected chi connectivity index (χ0v) is 13.2. The summed E-state index contributed by atoms with van der Waals surface area (Å²) in [5.74, 6) is 1.35. The molecular formula is C16H19N7. The Balaban J connectivity index is 1.78. The Labute approximate surface area is 134 Å². The van der Waals surface area contributed by atoms with Crippen LogP contribution in [0.1, 0.15) is 32.7 Å². The van der Waals surface area contributed by atoms with Gasteiger partial charge in [0.05, 0.1) is 18.2 Å². The number of nitrogens with one attached hydrogen (secondary N) is 2. The SMILES string of the molecule is CC(C)n1cnc2c(NC3CC3)nc(Nc3cccnc3)nc21. The summed E-state index contributed by atoms with van der Waals surface area (Å²) in [4.78, 5) is 17.9. The average molecular weight is 309 g/mol. The van der Waals surface area contributed by atoms with Crippen LogP contribution in [0.2, 0.25) is 0 Å². The molecule has 1 fully saturated rings. The van der Waals surface area contributed by atoms with Crippen molar-refractivity contribution >= 4 is 28.6 Å². The highest BCUT2D eigenvalue weighted by Gasteiger charge is 2.24. The van der Waals surface area contributed by atoms with Crippen LogP contribution in [0.25, 0.3) is 11.2 Å². The second-order valence-corrected chi connectivity index (χ2v) is 6.10. The number of rotatable bonds is 5. The first kappa shape index (κ1) is 13.9. The normalized spacial score (nSPS) is 14.4. The topological polar surface area (TPSA) is 80.5 Å². The van der Waals surface area contributed by atoms with Crippen molar-refractivity contribution < 1.29 is 0 Å². The Morgan fingerprint density at radius 2 is 2.13 bits per heavy atom. The molecular weight excluding hydrogens is 290 g/mol. The summed E-state index contributed by atoms with van der Waals surface area (Å²) in [5, 5.41) is 6.67. The number of fused-ring (bicyclic) bond motifs is 1. The molecule has 3 aromatic rings. The molecule has 0 bridgehead atoms. The molecule has 1 saturated carbocycles. The van der Waals surface area contributed by atoms with Crippen molar-refractivity contribution in [1.82, 2.24) is 24.5 Å². The number of aromatic nitrogens is 5. The molecule has 0 aliphatic heterocycles. The summed E-state index contributed by atoms with van der Waals surface area (Å²) in [5.41, 5.74) is 2.52. The van der Waals surface area contributed by atoms with Gasteiger partial charge in [0.25, 0.3) is 0 Å². The highest BCUT2D eigenvalue weighted by Crippen LogP contribution is 2.29. The lowest BCUT2D eigenvalue weighted by Gasteiger charge is -2.11. The van der Waals surface area contributed by atoms with E-state index in [2.05, 4.69) is 49.0 Å². The van der Waals surface area contributed by atoms with Crippen LogP contribution in [0.3, 0.4) is 0 Å². The minimum Gasteiger partial charge on any atom is -0.365 e. The third kappa shape index (κ3) is 2.81. The highest BCUT2D eigenvalue weighted by molar-refractivity contribution is 5.85. The van der Waals surface area contributed by atoms with E-state index >= 15 is 0 Å². The van der Waals surface area contributed by atoms with Crippen LogP contribution in [0, 0.1) is 0 Å². The van der Waals surface area contributed by atoms with Crippen molar-refractivity contribution in [3.05, 3.63) is 30.9 Å². The Bertz CT molecular complexity index is 821. The van der Waals surface area contributed by atoms with Gasteiger partial charge in [-0.05, 0) is 38.8 Å². The lowest BCUT2D eigenvalue weighted by molar-refractivity contribution is 0.613. The molecule has 2 N–H and O–H groups in total. The van der Waals surface area contributed by atoms with Crippen LogP contribution in [-0.4, -0.2) is 30.5 Å². The van der Waals surface area contributed by atoms with E-state index in [1.165, 1.54) is 12.8 Å². The number of imidazole rings is 1. The number of pyridine rings is 1. The number of anilines is 3. The van der Waals surface area contributed by atoms with Crippen LogP contribution < -0.4 is 10.6 Å². The molecule has 3 aromatic heterocycles. The van der Waals surface area contributed by atoms with E-state index < -0.39 is 0 Å². The molecule has 7 nitrogen and oxygen atoms in total. The zero-order chi connectivity index (χ0) is 15.8. The molecule has 0 unspecified atom stereocenters. The summed E-state index contributed by atoms with van der Waals surface area (Å²) in [7, 11) is 0. The Morgan fingerprint density at radius 3 is 2.83 bits per heavy atom. The Kier molecular flexibility index (Phi) is 3.33. The smallest absolute Gasteiger partial charge is 0.231 e. The van der Waals surface area contributed by atoms with Crippen molar-refractivity contribution in [3.8, 4) is 0 Å². The van der Waals surface area contributed by atoms with E-state index in [4.69, 9.17) is 0 Å². The van der Waals surface area contributed by atoms with Gasteiger partial charge in [-0.15, -0.1) is 0 Å². The van der Waals surface area contributed by atoms with Gasteiger partial charge in [0, 0.05) is 18.3 Å². The monoisotopic (exact) mass is 309 g/mol. The molecule has 1 aliphatic rings. The van der Waals surface area contributed by atoms with Crippen molar-refractivity contribution in [2.45, 2.75) is 38.8 Å². The molecule has 118 valence electrons. The fourth-order valence-corrected chi connectivity index (χ4v) is 2.44. The molecule has 7 heteroatoms. The molecule has 23 heavy (non-hydrogen) atoms. The summed E-state index contributed by atoms with van der Waals surface area (Å²) in [6.07, 6.45) is 7.68. The van der Waals surface area contributed by atoms with E-state index in [-0.39, 0.29) is 6.04 Å². The van der Waals surface area contributed by atoms with Crippen LogP contribution in [0.15, 0.2) is 30.9 Å². The van der Waals surface area contributed by atoms with Crippen molar-refractivity contribution in [1.29, 1.82) is 0 Å². The summed E-state index contributed by atoms with van der Waals surface area (Å²) < 4.78 is 2.06. The van der Waals surface area contributed by atoms with E-state index in [1.54, 1.807) is 12.4 Å². The first-order valence-corrected chi connectivity index (χ1v) is 7.89.